The van der Waals surface area contributed by atoms with Gasteiger partial charge in [0, 0.05) is 24.4 Å². The van der Waals surface area contributed by atoms with Crippen LogP contribution < -0.4 is 0 Å². The molecular weight excluding hydrogens is 306 g/mol. The second kappa shape index (κ2) is 5.16. The highest BCUT2D eigenvalue weighted by molar-refractivity contribution is 5.86. The number of benzene rings is 1. The van der Waals surface area contributed by atoms with E-state index >= 15 is 0 Å². The molecule has 120 valence electrons. The van der Waals surface area contributed by atoms with Crippen LogP contribution >= 0.6 is 0 Å². The quantitative estimate of drug-likeness (QED) is 0.627. The van der Waals surface area contributed by atoms with Gasteiger partial charge in [-0.15, -0.1) is 0 Å². The molecule has 0 unspecified atom stereocenters. The summed E-state index contributed by atoms with van der Waals surface area (Å²) in [4.78, 5) is 19.8. The first-order chi connectivity index (χ1) is 11.6. The normalized spacial score (nSPS) is 11.4. The summed E-state index contributed by atoms with van der Waals surface area (Å²) in [5.74, 6) is -1.04. The Kier molecular flexibility index (Phi) is 3.09. The molecule has 0 bridgehead atoms. The summed E-state index contributed by atoms with van der Waals surface area (Å²) in [6.07, 6.45) is 2.44. The van der Waals surface area contributed by atoms with Crippen LogP contribution in [0.25, 0.3) is 27.9 Å². The van der Waals surface area contributed by atoms with Crippen LogP contribution in [-0.4, -0.2) is 35.2 Å². The van der Waals surface area contributed by atoms with Crippen molar-refractivity contribution in [2.75, 3.05) is 0 Å². The first kappa shape index (κ1) is 14.4. The molecule has 0 aliphatic rings. The second-order valence-electron chi connectivity index (χ2n) is 5.65. The standard InChI is InChI=1S/C17H15N5O2/c1-3-11-7-14(17(23)24)19-16-8-12(20-22(11)16)10-4-5-15-13(6-10)18-9-21(15)2/h4-9H,3H2,1-2H3,(H,23,24). The number of hydrogen-bond acceptors (Lipinski definition) is 4. The van der Waals surface area contributed by atoms with Gasteiger partial charge in [-0.3, -0.25) is 0 Å². The number of hydrogen-bond donors (Lipinski definition) is 1. The van der Waals surface area contributed by atoms with Gasteiger partial charge < -0.3 is 9.67 Å². The minimum atomic E-state index is -1.04. The lowest BCUT2D eigenvalue weighted by molar-refractivity contribution is 0.0690. The Morgan fingerprint density at radius 3 is 2.83 bits per heavy atom. The second-order valence-corrected chi connectivity index (χ2v) is 5.65. The van der Waals surface area contributed by atoms with Gasteiger partial charge in [0.2, 0.25) is 0 Å². The lowest BCUT2D eigenvalue weighted by Gasteiger charge is -2.02. The molecule has 0 aliphatic carbocycles. The highest BCUT2D eigenvalue weighted by Gasteiger charge is 2.14. The molecule has 0 spiro atoms. The van der Waals surface area contributed by atoms with E-state index in [0.29, 0.717) is 12.1 Å². The van der Waals surface area contributed by atoms with Crippen LogP contribution in [0.2, 0.25) is 0 Å². The minimum absolute atomic E-state index is 0.0333. The number of imidazole rings is 1. The van der Waals surface area contributed by atoms with Crippen LogP contribution in [0.1, 0.15) is 23.1 Å². The van der Waals surface area contributed by atoms with E-state index in [1.54, 1.807) is 23.0 Å². The van der Waals surface area contributed by atoms with Crippen LogP contribution in [0.3, 0.4) is 0 Å². The molecule has 0 amide bonds. The van der Waals surface area contributed by atoms with Crippen molar-refractivity contribution in [2.24, 2.45) is 7.05 Å². The molecule has 0 saturated heterocycles. The molecule has 1 aromatic carbocycles. The number of carboxylic acid groups (broad SMARTS) is 1. The van der Waals surface area contributed by atoms with Crippen LogP contribution in [0.4, 0.5) is 0 Å². The first-order valence-corrected chi connectivity index (χ1v) is 7.61. The minimum Gasteiger partial charge on any atom is -0.477 e. The molecule has 7 heteroatoms. The molecule has 3 heterocycles. The number of rotatable bonds is 3. The van der Waals surface area contributed by atoms with Gasteiger partial charge in [-0.1, -0.05) is 13.0 Å². The summed E-state index contributed by atoms with van der Waals surface area (Å²) in [5, 5.41) is 13.8. The Morgan fingerprint density at radius 2 is 2.08 bits per heavy atom. The predicted molar refractivity (Wildman–Crippen MR) is 89.0 cm³/mol. The van der Waals surface area contributed by atoms with E-state index in [0.717, 1.165) is 28.0 Å². The fourth-order valence-electron chi connectivity index (χ4n) is 2.83. The fraction of sp³-hybridized carbons (Fsp3) is 0.176. The van der Waals surface area contributed by atoms with E-state index in [-0.39, 0.29) is 5.69 Å². The molecule has 7 nitrogen and oxygen atoms in total. The summed E-state index contributed by atoms with van der Waals surface area (Å²) in [6.45, 7) is 1.96. The van der Waals surface area contributed by atoms with Crippen molar-refractivity contribution in [1.82, 2.24) is 24.1 Å². The van der Waals surface area contributed by atoms with Crippen molar-refractivity contribution < 1.29 is 9.90 Å². The van der Waals surface area contributed by atoms with Crippen molar-refractivity contribution in [2.45, 2.75) is 13.3 Å². The third-order valence-electron chi connectivity index (χ3n) is 4.10. The Hall–Kier alpha value is -3.22. The molecule has 1 N–H and O–H groups in total. The smallest absolute Gasteiger partial charge is 0.354 e. The topological polar surface area (TPSA) is 85.3 Å². The number of aromatic nitrogens is 5. The van der Waals surface area contributed by atoms with Gasteiger partial charge >= 0.3 is 5.97 Å². The third kappa shape index (κ3) is 2.13. The zero-order chi connectivity index (χ0) is 16.8. The first-order valence-electron chi connectivity index (χ1n) is 7.61. The van der Waals surface area contributed by atoms with Crippen LogP contribution in [0, 0.1) is 0 Å². The number of nitrogens with zero attached hydrogens (tertiary/aromatic N) is 5. The molecule has 24 heavy (non-hydrogen) atoms. The van der Waals surface area contributed by atoms with Gasteiger partial charge in [0.05, 0.1) is 23.1 Å². The Balaban J connectivity index is 1.90. The molecule has 4 aromatic rings. The number of fused-ring (bicyclic) bond motifs is 2. The van der Waals surface area contributed by atoms with Gasteiger partial charge in [0.1, 0.15) is 0 Å². The third-order valence-corrected chi connectivity index (χ3v) is 4.10. The summed E-state index contributed by atoms with van der Waals surface area (Å²) >= 11 is 0. The monoisotopic (exact) mass is 321 g/mol. The van der Waals surface area contributed by atoms with Gasteiger partial charge in [-0.25, -0.2) is 19.3 Å². The van der Waals surface area contributed by atoms with Crippen molar-refractivity contribution in [3.05, 3.63) is 48.0 Å². The molecule has 0 saturated carbocycles. The van der Waals surface area contributed by atoms with E-state index in [9.17, 15) is 9.90 Å². The molecule has 3 aromatic heterocycles. The SMILES string of the molecule is CCc1cc(C(=O)O)nc2cc(-c3ccc4c(c3)ncn4C)nn12. The van der Waals surface area contributed by atoms with E-state index in [1.807, 2.05) is 36.7 Å². The maximum atomic E-state index is 11.2. The fourth-order valence-corrected chi connectivity index (χ4v) is 2.83. The molecule has 0 radical (unpaired) electrons. The lowest BCUT2D eigenvalue weighted by atomic mass is 10.1. The number of aromatic carboxylic acids is 1. The van der Waals surface area contributed by atoms with Crippen molar-refractivity contribution >= 4 is 22.6 Å². The highest BCUT2D eigenvalue weighted by Crippen LogP contribution is 2.24. The van der Waals surface area contributed by atoms with Crippen LogP contribution in [-0.2, 0) is 13.5 Å². The molecule has 4 rings (SSSR count). The maximum Gasteiger partial charge on any atom is 0.354 e. The maximum absolute atomic E-state index is 11.2. The van der Waals surface area contributed by atoms with Gasteiger partial charge in [-0.05, 0) is 24.6 Å². The summed E-state index contributed by atoms with van der Waals surface area (Å²) in [6, 6.07) is 9.32. The summed E-state index contributed by atoms with van der Waals surface area (Å²) < 4.78 is 3.66. The Morgan fingerprint density at radius 1 is 1.25 bits per heavy atom. The summed E-state index contributed by atoms with van der Waals surface area (Å²) in [7, 11) is 1.95. The number of carboxylic acids is 1. The van der Waals surface area contributed by atoms with Crippen molar-refractivity contribution in [1.29, 1.82) is 0 Å². The van der Waals surface area contributed by atoms with E-state index in [1.165, 1.54) is 0 Å². The van der Waals surface area contributed by atoms with E-state index in [4.69, 9.17) is 0 Å². The molecular formula is C17H15N5O2. The highest BCUT2D eigenvalue weighted by atomic mass is 16.4. The molecule has 0 fully saturated rings. The van der Waals surface area contributed by atoms with Gasteiger partial charge in [0.25, 0.3) is 0 Å². The average molecular weight is 321 g/mol. The van der Waals surface area contributed by atoms with Crippen LogP contribution in [0.5, 0.6) is 0 Å². The van der Waals surface area contributed by atoms with E-state index < -0.39 is 5.97 Å². The predicted octanol–water partition coefficient (Wildman–Crippen LogP) is 2.54. The average Bonchev–Trinajstić information content (AvgIpc) is 3.17. The van der Waals surface area contributed by atoms with E-state index in [2.05, 4.69) is 15.1 Å². The summed E-state index contributed by atoms with van der Waals surface area (Å²) in [5.41, 5.74) is 4.97. The lowest BCUT2D eigenvalue weighted by Crippen LogP contribution is -2.06. The zero-order valence-corrected chi connectivity index (χ0v) is 13.3. The molecule has 0 aliphatic heterocycles. The largest absolute Gasteiger partial charge is 0.477 e. The number of aryl methyl sites for hydroxylation is 2. The Labute approximate surface area is 137 Å². The van der Waals surface area contributed by atoms with Gasteiger partial charge in [-0.2, -0.15) is 5.10 Å². The molecule has 0 atom stereocenters. The Bertz CT molecular complexity index is 1090. The van der Waals surface area contributed by atoms with Crippen molar-refractivity contribution in [3.63, 3.8) is 0 Å². The number of carbonyl (C=O) groups is 1. The van der Waals surface area contributed by atoms with Crippen molar-refractivity contribution in [3.8, 4) is 11.3 Å². The van der Waals surface area contributed by atoms with Gasteiger partial charge in [0.15, 0.2) is 11.3 Å². The zero-order valence-electron chi connectivity index (χ0n) is 13.3. The van der Waals surface area contributed by atoms with Crippen LogP contribution in [0.15, 0.2) is 36.7 Å².